The highest BCUT2D eigenvalue weighted by Gasteiger charge is 1.98. The third-order valence-corrected chi connectivity index (χ3v) is 1.92. The van der Waals surface area contributed by atoms with Crippen LogP contribution in [0.4, 0.5) is 4.79 Å². The fraction of sp³-hybridized carbons (Fsp3) is 0.125. The number of hydrogen-bond donors (Lipinski definition) is 1. The van der Waals surface area contributed by atoms with Crippen molar-refractivity contribution in [2.75, 3.05) is 0 Å². The largest absolute Gasteiger partial charge is 0.410 e. The summed E-state index contributed by atoms with van der Waals surface area (Å²) in [4.78, 5) is 10.4. The minimum absolute atomic E-state index is 0.472. The van der Waals surface area contributed by atoms with Crippen LogP contribution in [0.25, 0.3) is 0 Å². The van der Waals surface area contributed by atoms with Crippen LogP contribution < -0.4 is 10.5 Å². The topological polar surface area (TPSA) is 52.3 Å². The van der Waals surface area contributed by atoms with Gasteiger partial charge in [0.25, 0.3) is 0 Å². The number of amides is 1. The number of nitrogens with two attached hydrogens (primary N) is 1. The lowest BCUT2D eigenvalue weighted by molar-refractivity contribution is 0.211. The van der Waals surface area contributed by atoms with E-state index in [1.807, 2.05) is 6.07 Å². The number of ether oxygens (including phenoxy) is 1. The van der Waals surface area contributed by atoms with Crippen molar-refractivity contribution in [2.24, 2.45) is 5.73 Å². The molecule has 1 amide bonds. The number of carbonyl (C=O) groups is 1. The molecule has 1 aromatic rings. The van der Waals surface area contributed by atoms with E-state index in [0.717, 1.165) is 10.9 Å². The average Bonchev–Trinajstić information content (AvgIpc) is 2.03. The van der Waals surface area contributed by atoms with Gasteiger partial charge in [-0.05, 0) is 17.7 Å². The molecule has 1 rings (SSSR count). The van der Waals surface area contributed by atoms with Crippen molar-refractivity contribution < 1.29 is 9.53 Å². The van der Waals surface area contributed by atoms with Gasteiger partial charge < -0.3 is 10.5 Å². The number of hydrogen-bond acceptors (Lipinski definition) is 2. The molecule has 3 nitrogen and oxygen atoms in total. The molecule has 0 aliphatic heterocycles. The maximum Gasteiger partial charge on any atom is 0.409 e. The number of primary amides is 1. The second-order valence-corrected chi connectivity index (χ2v) is 2.76. The van der Waals surface area contributed by atoms with Crippen molar-refractivity contribution >= 4 is 22.0 Å². The van der Waals surface area contributed by atoms with E-state index in [9.17, 15) is 4.79 Å². The Hall–Kier alpha value is -1.03. The average molecular weight is 230 g/mol. The molecular weight excluding hydrogens is 222 g/mol. The first-order valence-electron chi connectivity index (χ1n) is 3.34. The Labute approximate surface area is 78.6 Å². The Morgan fingerprint density at radius 2 is 2.33 bits per heavy atom. The van der Waals surface area contributed by atoms with Gasteiger partial charge in [0.15, 0.2) is 0 Å². The molecule has 0 fully saturated rings. The molecule has 0 radical (unpaired) electrons. The van der Waals surface area contributed by atoms with Crippen molar-refractivity contribution in [3.63, 3.8) is 0 Å². The van der Waals surface area contributed by atoms with E-state index in [-0.39, 0.29) is 0 Å². The Kier molecular flexibility index (Phi) is 3.10. The van der Waals surface area contributed by atoms with E-state index in [2.05, 4.69) is 20.7 Å². The third kappa shape index (κ3) is 2.54. The molecule has 12 heavy (non-hydrogen) atoms. The summed E-state index contributed by atoms with van der Waals surface area (Å²) < 4.78 is 4.67. The number of halogens is 1. The highest BCUT2D eigenvalue weighted by molar-refractivity contribution is 9.08. The molecule has 1 aromatic carbocycles. The van der Waals surface area contributed by atoms with E-state index < -0.39 is 6.09 Å². The van der Waals surface area contributed by atoms with Crippen molar-refractivity contribution in [1.82, 2.24) is 0 Å². The molecule has 0 aliphatic rings. The summed E-state index contributed by atoms with van der Waals surface area (Å²) in [5.41, 5.74) is 5.88. The van der Waals surface area contributed by atoms with Gasteiger partial charge in [-0.1, -0.05) is 28.1 Å². The fourth-order valence-corrected chi connectivity index (χ4v) is 1.16. The zero-order valence-corrected chi connectivity index (χ0v) is 7.87. The summed E-state index contributed by atoms with van der Waals surface area (Å²) in [6.45, 7) is 0. The zero-order valence-electron chi connectivity index (χ0n) is 6.29. The molecule has 0 spiro atoms. The second-order valence-electron chi connectivity index (χ2n) is 2.20. The predicted molar refractivity (Wildman–Crippen MR) is 49.3 cm³/mol. The number of carbonyl (C=O) groups excluding carboxylic acids is 1. The Bertz CT molecular complexity index is 288. The van der Waals surface area contributed by atoms with Crippen LogP contribution in [-0.4, -0.2) is 6.09 Å². The van der Waals surface area contributed by atoms with Crippen LogP contribution in [0.1, 0.15) is 5.56 Å². The fourth-order valence-electron chi connectivity index (χ4n) is 0.808. The molecule has 2 N–H and O–H groups in total. The molecule has 0 unspecified atom stereocenters. The summed E-state index contributed by atoms with van der Waals surface area (Å²) >= 11 is 3.29. The van der Waals surface area contributed by atoms with E-state index >= 15 is 0 Å². The molecule has 0 aliphatic carbocycles. The van der Waals surface area contributed by atoms with Crippen LogP contribution in [0.3, 0.4) is 0 Å². The Balaban J connectivity index is 2.79. The molecule has 4 heteroatoms. The van der Waals surface area contributed by atoms with E-state index in [4.69, 9.17) is 5.73 Å². The normalized spacial score (nSPS) is 9.42. The summed E-state index contributed by atoms with van der Waals surface area (Å²) in [7, 11) is 0. The minimum Gasteiger partial charge on any atom is -0.410 e. The summed E-state index contributed by atoms with van der Waals surface area (Å²) in [6, 6.07) is 7.15. The van der Waals surface area contributed by atoms with Crippen LogP contribution >= 0.6 is 15.9 Å². The molecule has 0 saturated carbocycles. The van der Waals surface area contributed by atoms with Gasteiger partial charge >= 0.3 is 6.09 Å². The lowest BCUT2D eigenvalue weighted by Gasteiger charge is -2.01. The van der Waals surface area contributed by atoms with Crippen molar-refractivity contribution in [3.05, 3.63) is 29.8 Å². The summed E-state index contributed by atoms with van der Waals surface area (Å²) in [6.07, 6.45) is -0.790. The lowest BCUT2D eigenvalue weighted by Crippen LogP contribution is -2.16. The van der Waals surface area contributed by atoms with Crippen LogP contribution in [0.2, 0.25) is 0 Å². The molecular formula is C8H8BrNO2. The van der Waals surface area contributed by atoms with Gasteiger partial charge in [-0.25, -0.2) is 4.79 Å². The maximum atomic E-state index is 10.4. The van der Waals surface area contributed by atoms with E-state index in [1.54, 1.807) is 18.2 Å². The van der Waals surface area contributed by atoms with Gasteiger partial charge in [0.05, 0.1) is 0 Å². The van der Waals surface area contributed by atoms with Crippen LogP contribution in [0, 0.1) is 0 Å². The third-order valence-electron chi connectivity index (χ3n) is 1.27. The quantitative estimate of drug-likeness (QED) is 0.790. The van der Waals surface area contributed by atoms with Crippen LogP contribution in [-0.2, 0) is 5.33 Å². The first-order valence-corrected chi connectivity index (χ1v) is 4.46. The predicted octanol–water partition coefficient (Wildman–Crippen LogP) is 2.04. The van der Waals surface area contributed by atoms with Crippen molar-refractivity contribution in [2.45, 2.75) is 5.33 Å². The molecule has 0 atom stereocenters. The van der Waals surface area contributed by atoms with Crippen molar-refractivity contribution in [3.8, 4) is 5.75 Å². The zero-order chi connectivity index (χ0) is 8.97. The lowest BCUT2D eigenvalue weighted by atomic mass is 10.2. The van der Waals surface area contributed by atoms with Crippen LogP contribution in [0.15, 0.2) is 24.3 Å². The Morgan fingerprint density at radius 1 is 1.58 bits per heavy atom. The van der Waals surface area contributed by atoms with E-state index in [0.29, 0.717) is 5.75 Å². The molecule has 0 aromatic heterocycles. The number of benzene rings is 1. The molecule has 64 valence electrons. The maximum absolute atomic E-state index is 10.4. The molecule has 0 heterocycles. The SMILES string of the molecule is NC(=O)Oc1cccc(CBr)c1. The smallest absolute Gasteiger partial charge is 0.409 e. The van der Waals surface area contributed by atoms with Gasteiger partial charge in [-0.3, -0.25) is 0 Å². The second kappa shape index (κ2) is 4.11. The minimum atomic E-state index is -0.790. The first-order chi connectivity index (χ1) is 5.72. The number of rotatable bonds is 2. The highest BCUT2D eigenvalue weighted by Crippen LogP contribution is 2.14. The van der Waals surface area contributed by atoms with Crippen LogP contribution in [0.5, 0.6) is 5.75 Å². The Morgan fingerprint density at radius 3 is 2.92 bits per heavy atom. The standard InChI is InChI=1S/C8H8BrNO2/c9-5-6-2-1-3-7(4-6)12-8(10)11/h1-4H,5H2,(H2,10,11). The van der Waals surface area contributed by atoms with Gasteiger partial charge in [-0.15, -0.1) is 0 Å². The van der Waals surface area contributed by atoms with Gasteiger partial charge in [0, 0.05) is 5.33 Å². The summed E-state index contributed by atoms with van der Waals surface area (Å²) in [5, 5.41) is 0.725. The van der Waals surface area contributed by atoms with Gasteiger partial charge in [0.2, 0.25) is 0 Å². The highest BCUT2D eigenvalue weighted by atomic mass is 79.9. The monoisotopic (exact) mass is 229 g/mol. The van der Waals surface area contributed by atoms with Gasteiger partial charge in [0.1, 0.15) is 5.75 Å². The van der Waals surface area contributed by atoms with E-state index in [1.165, 1.54) is 0 Å². The summed E-state index contributed by atoms with van der Waals surface area (Å²) in [5.74, 6) is 0.472. The van der Waals surface area contributed by atoms with Crippen molar-refractivity contribution in [1.29, 1.82) is 0 Å². The number of alkyl halides is 1. The molecule has 0 bridgehead atoms. The first kappa shape index (κ1) is 9.06. The molecule has 0 saturated heterocycles. The van der Waals surface area contributed by atoms with Gasteiger partial charge in [-0.2, -0.15) is 0 Å².